The van der Waals surface area contributed by atoms with Gasteiger partial charge in [0.2, 0.25) is 0 Å². The van der Waals surface area contributed by atoms with Crippen LogP contribution < -0.4 is 10.1 Å². The Kier molecular flexibility index (Phi) is 7.62. The number of ether oxygens (including phenoxy) is 2. The minimum absolute atomic E-state index is 0.0273. The van der Waals surface area contributed by atoms with E-state index in [0.717, 1.165) is 11.1 Å². The number of aromatic hydroxyl groups is 1. The summed E-state index contributed by atoms with van der Waals surface area (Å²) < 4.78 is 10.7. The van der Waals surface area contributed by atoms with Crippen LogP contribution in [0, 0.1) is 0 Å². The lowest BCUT2D eigenvalue weighted by Gasteiger charge is -2.14. The van der Waals surface area contributed by atoms with Gasteiger partial charge >= 0.3 is 11.9 Å². The molecule has 0 aromatic heterocycles. The van der Waals surface area contributed by atoms with Crippen molar-refractivity contribution in [2.75, 3.05) is 5.32 Å². The molecular weight excluding hydrogens is 453 g/mol. The first-order valence-corrected chi connectivity index (χ1v) is 10.5. The molecule has 0 aliphatic rings. The zero-order valence-electron chi connectivity index (χ0n) is 17.4. The molecule has 1 amide bonds. The number of carbonyl (C=O) groups excluding carboxylic acids is 2. The van der Waals surface area contributed by atoms with Crippen LogP contribution in [0.4, 0.5) is 5.69 Å². The fourth-order valence-corrected chi connectivity index (χ4v) is 3.35. The highest BCUT2D eigenvalue weighted by atomic mass is 35.5. The van der Waals surface area contributed by atoms with Crippen molar-refractivity contribution in [3.8, 4) is 17.2 Å². The summed E-state index contributed by atoms with van der Waals surface area (Å²) in [5, 5.41) is 12.8. The Hall–Kier alpha value is -3.22. The molecule has 32 heavy (non-hydrogen) atoms. The van der Waals surface area contributed by atoms with Gasteiger partial charge in [-0.2, -0.15) is 0 Å². The Morgan fingerprint density at radius 3 is 2.25 bits per heavy atom. The second-order valence-corrected chi connectivity index (χ2v) is 8.08. The first-order chi connectivity index (χ1) is 15.2. The molecule has 0 saturated carbocycles. The Labute approximate surface area is 195 Å². The minimum atomic E-state index is -1.04. The second-order valence-electron chi connectivity index (χ2n) is 7.27. The third-order valence-corrected chi connectivity index (χ3v) is 5.08. The number of halogens is 2. The molecule has 0 heterocycles. The van der Waals surface area contributed by atoms with Crippen molar-refractivity contribution in [1.82, 2.24) is 0 Å². The van der Waals surface area contributed by atoms with Crippen LogP contribution in [0.15, 0.2) is 60.7 Å². The standard InChI is InChI=1S/C24H21Cl2NO5/c1-14(2)16-8-9-21(20(28)10-16)32-22-18(25)11-17(12-19(22)26)27-23(29)24(30)31-13-15-6-4-3-5-7-15/h3-12,14,28H,13H2,1-2H3,(H,27,29). The van der Waals surface area contributed by atoms with Crippen molar-refractivity contribution in [1.29, 1.82) is 0 Å². The first kappa shape index (κ1) is 23.4. The van der Waals surface area contributed by atoms with Gasteiger partial charge in [-0.3, -0.25) is 4.79 Å². The summed E-state index contributed by atoms with van der Waals surface area (Å²) in [6, 6.07) is 16.8. The molecule has 166 valence electrons. The van der Waals surface area contributed by atoms with Gasteiger partial charge in [0.25, 0.3) is 0 Å². The van der Waals surface area contributed by atoms with Crippen LogP contribution in [0.2, 0.25) is 10.0 Å². The summed E-state index contributed by atoms with van der Waals surface area (Å²) in [4.78, 5) is 24.1. The molecule has 0 saturated heterocycles. The smallest absolute Gasteiger partial charge is 0.397 e. The molecule has 0 atom stereocenters. The summed E-state index contributed by atoms with van der Waals surface area (Å²) >= 11 is 12.5. The average molecular weight is 474 g/mol. The van der Waals surface area contributed by atoms with Crippen LogP contribution in [0.1, 0.15) is 30.9 Å². The highest BCUT2D eigenvalue weighted by molar-refractivity contribution is 6.39. The van der Waals surface area contributed by atoms with Gasteiger partial charge in [-0.1, -0.05) is 73.4 Å². The lowest BCUT2D eigenvalue weighted by Crippen LogP contribution is -2.25. The normalized spacial score (nSPS) is 10.7. The van der Waals surface area contributed by atoms with E-state index in [1.165, 1.54) is 12.1 Å². The van der Waals surface area contributed by atoms with E-state index in [0.29, 0.717) is 0 Å². The van der Waals surface area contributed by atoms with Gasteiger partial charge in [0.15, 0.2) is 17.2 Å². The Morgan fingerprint density at radius 1 is 1.00 bits per heavy atom. The molecule has 2 N–H and O–H groups in total. The van der Waals surface area contributed by atoms with Gasteiger partial charge < -0.3 is 19.9 Å². The molecule has 3 rings (SSSR count). The molecule has 0 unspecified atom stereocenters. The summed E-state index contributed by atoms with van der Waals surface area (Å²) in [5.41, 5.74) is 1.89. The number of hydrogen-bond acceptors (Lipinski definition) is 5. The monoisotopic (exact) mass is 473 g/mol. The maximum absolute atomic E-state index is 12.1. The van der Waals surface area contributed by atoms with Crippen LogP contribution in [0.5, 0.6) is 17.2 Å². The number of hydrogen-bond donors (Lipinski definition) is 2. The third kappa shape index (κ3) is 5.93. The fourth-order valence-electron chi connectivity index (χ4n) is 2.79. The zero-order valence-corrected chi connectivity index (χ0v) is 18.9. The Bertz CT molecular complexity index is 1110. The number of phenols is 1. The summed E-state index contributed by atoms with van der Waals surface area (Å²) in [6.45, 7) is 3.99. The van der Waals surface area contributed by atoms with Crippen LogP contribution in [0.25, 0.3) is 0 Å². The lowest BCUT2D eigenvalue weighted by molar-refractivity contribution is -0.153. The highest BCUT2D eigenvalue weighted by Gasteiger charge is 2.19. The van der Waals surface area contributed by atoms with E-state index in [1.807, 2.05) is 26.0 Å². The van der Waals surface area contributed by atoms with E-state index in [2.05, 4.69) is 5.32 Å². The van der Waals surface area contributed by atoms with Crippen molar-refractivity contribution < 1.29 is 24.2 Å². The number of rotatable bonds is 6. The van der Waals surface area contributed by atoms with Crippen molar-refractivity contribution in [2.24, 2.45) is 0 Å². The summed E-state index contributed by atoms with van der Waals surface area (Å²) in [6.07, 6.45) is 0. The van der Waals surface area contributed by atoms with Gasteiger partial charge in [0.1, 0.15) is 6.61 Å². The lowest BCUT2D eigenvalue weighted by atomic mass is 10.0. The topological polar surface area (TPSA) is 84.9 Å². The van der Waals surface area contributed by atoms with E-state index in [9.17, 15) is 14.7 Å². The van der Waals surface area contributed by atoms with Crippen molar-refractivity contribution in [2.45, 2.75) is 26.4 Å². The molecule has 0 radical (unpaired) electrons. The van der Waals surface area contributed by atoms with Gasteiger partial charge in [-0.15, -0.1) is 0 Å². The van der Waals surface area contributed by atoms with E-state index >= 15 is 0 Å². The minimum Gasteiger partial charge on any atom is -0.504 e. The van der Waals surface area contributed by atoms with Crippen LogP contribution in [0.3, 0.4) is 0 Å². The third-order valence-electron chi connectivity index (χ3n) is 4.52. The molecule has 0 aliphatic heterocycles. The van der Waals surface area contributed by atoms with Crippen molar-refractivity contribution >= 4 is 40.8 Å². The molecule has 3 aromatic rings. The fraction of sp³-hybridized carbons (Fsp3) is 0.167. The molecule has 0 fully saturated rings. The van der Waals surface area contributed by atoms with Gasteiger partial charge in [0.05, 0.1) is 10.0 Å². The van der Waals surface area contributed by atoms with Crippen molar-refractivity contribution in [3.05, 3.63) is 81.8 Å². The van der Waals surface area contributed by atoms with E-state index < -0.39 is 11.9 Å². The number of amides is 1. The van der Waals surface area contributed by atoms with Crippen molar-refractivity contribution in [3.63, 3.8) is 0 Å². The van der Waals surface area contributed by atoms with E-state index in [4.69, 9.17) is 32.7 Å². The van der Waals surface area contributed by atoms with Crippen LogP contribution in [-0.2, 0) is 20.9 Å². The quantitative estimate of drug-likeness (QED) is 0.324. The number of phenolic OH excluding ortho intramolecular Hbond substituents is 1. The van der Waals surface area contributed by atoms with Gasteiger partial charge in [-0.05, 0) is 41.3 Å². The maximum atomic E-state index is 12.1. The molecule has 0 aliphatic carbocycles. The maximum Gasteiger partial charge on any atom is 0.397 e. The summed E-state index contributed by atoms with van der Waals surface area (Å²) in [7, 11) is 0. The number of esters is 1. The predicted molar refractivity (Wildman–Crippen MR) is 124 cm³/mol. The Morgan fingerprint density at radius 2 is 1.66 bits per heavy atom. The molecule has 6 nitrogen and oxygen atoms in total. The number of benzene rings is 3. The number of carbonyl (C=O) groups is 2. The molecule has 3 aromatic carbocycles. The molecule has 0 bridgehead atoms. The predicted octanol–water partition coefficient (Wildman–Crippen LogP) is 6.30. The number of anilines is 1. The molecular formula is C24H21Cl2NO5. The average Bonchev–Trinajstić information content (AvgIpc) is 2.76. The SMILES string of the molecule is CC(C)c1ccc(Oc2c(Cl)cc(NC(=O)C(=O)OCc3ccccc3)cc2Cl)c(O)c1. The van der Waals surface area contributed by atoms with Gasteiger partial charge in [0, 0.05) is 5.69 Å². The largest absolute Gasteiger partial charge is 0.504 e. The number of nitrogens with one attached hydrogen (secondary N) is 1. The van der Waals surface area contributed by atoms with Crippen LogP contribution in [-0.4, -0.2) is 17.0 Å². The van der Waals surface area contributed by atoms with E-state index in [1.54, 1.807) is 36.4 Å². The highest BCUT2D eigenvalue weighted by Crippen LogP contribution is 2.41. The summed E-state index contributed by atoms with van der Waals surface area (Å²) in [5.74, 6) is -1.54. The van der Waals surface area contributed by atoms with Gasteiger partial charge in [-0.25, -0.2) is 4.79 Å². The first-order valence-electron chi connectivity index (χ1n) is 9.76. The van der Waals surface area contributed by atoms with E-state index in [-0.39, 0.29) is 45.5 Å². The van der Waals surface area contributed by atoms with Crippen LogP contribution >= 0.6 is 23.2 Å². The second kappa shape index (κ2) is 10.4. The Balaban J connectivity index is 1.67. The molecule has 8 heteroatoms. The molecule has 0 spiro atoms. The zero-order chi connectivity index (χ0) is 23.3.